The minimum atomic E-state index is -0.105. The van der Waals surface area contributed by atoms with Crippen molar-refractivity contribution in [3.63, 3.8) is 0 Å². The number of benzene rings is 10. The van der Waals surface area contributed by atoms with Gasteiger partial charge in [0.25, 0.3) is 0 Å². The lowest BCUT2D eigenvalue weighted by atomic mass is 9.79. The van der Waals surface area contributed by atoms with Crippen LogP contribution in [0.5, 0.6) is 0 Å². The summed E-state index contributed by atoms with van der Waals surface area (Å²) in [6.07, 6.45) is 0. The lowest BCUT2D eigenvalue weighted by Crippen LogP contribution is -2.16. The van der Waals surface area contributed by atoms with Crippen LogP contribution in [-0.2, 0) is 5.41 Å². The van der Waals surface area contributed by atoms with Gasteiger partial charge in [-0.05, 0) is 115 Å². The fourth-order valence-electron chi connectivity index (χ4n) is 10.2. The van der Waals surface area contributed by atoms with Crippen molar-refractivity contribution in [3.05, 3.63) is 223 Å². The summed E-state index contributed by atoms with van der Waals surface area (Å²) in [6, 6.07) is 77.4. The van der Waals surface area contributed by atoms with Gasteiger partial charge in [-0.3, -0.25) is 0 Å². The highest BCUT2D eigenvalue weighted by atomic mass is 16.3. The van der Waals surface area contributed by atoms with Gasteiger partial charge in [0.1, 0.15) is 11.2 Å². The Bertz CT molecular complexity index is 3490. The molecule has 1 heterocycles. The number of rotatable bonds is 6. The zero-order valence-corrected chi connectivity index (χ0v) is 34.1. The molecule has 2 heteroatoms. The second kappa shape index (κ2) is 13.7. The first-order valence-electron chi connectivity index (χ1n) is 21.2. The molecule has 0 saturated heterocycles. The molecule has 11 aromatic rings. The Morgan fingerprint density at radius 3 is 1.72 bits per heavy atom. The van der Waals surface area contributed by atoms with Crippen LogP contribution in [0.25, 0.3) is 88.0 Å². The molecule has 1 aromatic heterocycles. The van der Waals surface area contributed by atoms with Gasteiger partial charge in [0.05, 0.1) is 5.69 Å². The third-order valence-corrected chi connectivity index (χ3v) is 13.1. The van der Waals surface area contributed by atoms with Crippen molar-refractivity contribution < 1.29 is 4.42 Å². The summed E-state index contributed by atoms with van der Waals surface area (Å²) in [5.41, 5.74) is 17.6. The molecule has 288 valence electrons. The van der Waals surface area contributed by atoms with Crippen molar-refractivity contribution in [2.75, 3.05) is 4.90 Å². The monoisotopic (exact) mass is 779 g/mol. The van der Waals surface area contributed by atoms with Crippen LogP contribution < -0.4 is 4.90 Å². The SMILES string of the molecule is CC1(C)c2ccccc2-c2cccc(-c3ccc(N(c4ccc(-c5cccc6ccccc56)cc4)c4ccccc4-c4ccc5oc6c7ccccc7ccc6c5c4)cc3)c21. The molecule has 0 bridgehead atoms. The van der Waals surface area contributed by atoms with Crippen LogP contribution >= 0.6 is 0 Å². The Morgan fingerprint density at radius 1 is 0.377 bits per heavy atom. The molecule has 1 aliphatic carbocycles. The van der Waals surface area contributed by atoms with Crippen LogP contribution in [0.1, 0.15) is 25.0 Å². The average Bonchev–Trinajstić information content (AvgIpc) is 3.81. The number of furan rings is 1. The maximum Gasteiger partial charge on any atom is 0.143 e. The van der Waals surface area contributed by atoms with Gasteiger partial charge in [-0.25, -0.2) is 0 Å². The van der Waals surface area contributed by atoms with Gasteiger partial charge in [0.15, 0.2) is 0 Å². The van der Waals surface area contributed by atoms with E-state index in [1.165, 1.54) is 60.7 Å². The number of anilines is 3. The smallest absolute Gasteiger partial charge is 0.143 e. The highest BCUT2D eigenvalue weighted by Gasteiger charge is 2.37. The summed E-state index contributed by atoms with van der Waals surface area (Å²) < 4.78 is 6.54. The highest BCUT2D eigenvalue weighted by Crippen LogP contribution is 2.52. The molecule has 61 heavy (non-hydrogen) atoms. The van der Waals surface area contributed by atoms with E-state index in [9.17, 15) is 0 Å². The molecule has 2 nitrogen and oxygen atoms in total. The van der Waals surface area contributed by atoms with E-state index in [4.69, 9.17) is 4.42 Å². The summed E-state index contributed by atoms with van der Waals surface area (Å²) in [7, 11) is 0. The summed E-state index contributed by atoms with van der Waals surface area (Å²) in [6.45, 7) is 4.73. The molecule has 0 N–H and O–H groups in total. The number of hydrogen-bond donors (Lipinski definition) is 0. The molecule has 0 aliphatic heterocycles. The predicted molar refractivity (Wildman–Crippen MR) is 257 cm³/mol. The van der Waals surface area contributed by atoms with Gasteiger partial charge in [0, 0.05) is 38.5 Å². The molecule has 12 rings (SSSR count). The molecular weight excluding hydrogens is 739 g/mol. The van der Waals surface area contributed by atoms with Gasteiger partial charge >= 0.3 is 0 Å². The minimum Gasteiger partial charge on any atom is -0.455 e. The Kier molecular flexibility index (Phi) is 7.92. The number of para-hydroxylation sites is 1. The fourth-order valence-corrected chi connectivity index (χ4v) is 10.2. The molecular formula is C59H41NO. The molecule has 0 atom stereocenters. The fraction of sp³-hybridized carbons (Fsp3) is 0.0508. The van der Waals surface area contributed by atoms with Crippen LogP contribution in [0.2, 0.25) is 0 Å². The molecule has 0 amide bonds. The summed E-state index contributed by atoms with van der Waals surface area (Å²) in [5.74, 6) is 0. The first kappa shape index (κ1) is 35.3. The van der Waals surface area contributed by atoms with E-state index in [0.29, 0.717) is 0 Å². The van der Waals surface area contributed by atoms with Crippen molar-refractivity contribution in [2.45, 2.75) is 19.3 Å². The Hall–Kier alpha value is -7.68. The molecule has 0 unspecified atom stereocenters. The van der Waals surface area contributed by atoms with Gasteiger partial charge < -0.3 is 9.32 Å². The summed E-state index contributed by atoms with van der Waals surface area (Å²) in [5, 5.41) is 7.05. The largest absolute Gasteiger partial charge is 0.455 e. The zero-order valence-electron chi connectivity index (χ0n) is 34.1. The predicted octanol–water partition coefficient (Wildman–Crippen LogP) is 16.7. The zero-order chi connectivity index (χ0) is 40.7. The van der Waals surface area contributed by atoms with Crippen LogP contribution in [0.3, 0.4) is 0 Å². The number of hydrogen-bond acceptors (Lipinski definition) is 2. The van der Waals surface area contributed by atoms with E-state index in [0.717, 1.165) is 55.5 Å². The van der Waals surface area contributed by atoms with Crippen molar-refractivity contribution in [3.8, 4) is 44.5 Å². The van der Waals surface area contributed by atoms with Gasteiger partial charge in [-0.1, -0.05) is 178 Å². The normalized spacial score (nSPS) is 12.9. The summed E-state index contributed by atoms with van der Waals surface area (Å²) in [4.78, 5) is 2.41. The second-order valence-corrected chi connectivity index (χ2v) is 16.8. The van der Waals surface area contributed by atoms with Crippen LogP contribution in [0.15, 0.2) is 217 Å². The topological polar surface area (TPSA) is 16.4 Å². The van der Waals surface area contributed by atoms with Crippen LogP contribution in [0, 0.1) is 0 Å². The van der Waals surface area contributed by atoms with Gasteiger partial charge in [-0.2, -0.15) is 0 Å². The average molecular weight is 780 g/mol. The standard InChI is InChI=1S/C59H41NO/c1-59(2)54-23-9-7-19-50(54)51-22-12-21-48(57(51)59)41-27-33-44(34-28-41)60(43-31-25-40(26-32-43)46-20-11-15-38-13-3-5-16-45(38)46)55-24-10-8-17-47(55)42-30-36-56-53(37-42)52-35-29-39-14-4-6-18-49(39)58(52)61-56/h3-37H,1-2H3. The molecule has 10 aromatic carbocycles. The molecule has 0 fully saturated rings. The first-order valence-corrected chi connectivity index (χ1v) is 21.2. The lowest BCUT2D eigenvalue weighted by Gasteiger charge is -2.29. The Balaban J connectivity index is 1.00. The van der Waals surface area contributed by atoms with Gasteiger partial charge in [0.2, 0.25) is 0 Å². The van der Waals surface area contributed by atoms with Crippen LogP contribution in [-0.4, -0.2) is 0 Å². The van der Waals surface area contributed by atoms with E-state index < -0.39 is 0 Å². The van der Waals surface area contributed by atoms with E-state index >= 15 is 0 Å². The van der Waals surface area contributed by atoms with E-state index in [2.05, 4.69) is 231 Å². The second-order valence-electron chi connectivity index (χ2n) is 16.8. The molecule has 0 spiro atoms. The third kappa shape index (κ3) is 5.56. The van der Waals surface area contributed by atoms with Crippen molar-refractivity contribution in [1.29, 1.82) is 0 Å². The number of nitrogens with zero attached hydrogens (tertiary/aromatic N) is 1. The van der Waals surface area contributed by atoms with E-state index in [1.54, 1.807) is 0 Å². The van der Waals surface area contributed by atoms with Gasteiger partial charge in [-0.15, -0.1) is 0 Å². The number of fused-ring (bicyclic) bond motifs is 9. The Morgan fingerprint density at radius 2 is 0.934 bits per heavy atom. The molecule has 1 aliphatic rings. The third-order valence-electron chi connectivity index (χ3n) is 13.1. The maximum absolute atomic E-state index is 6.54. The Labute approximate surface area is 355 Å². The quantitative estimate of drug-likeness (QED) is 0.167. The lowest BCUT2D eigenvalue weighted by molar-refractivity contribution is 0.662. The molecule has 0 saturated carbocycles. The van der Waals surface area contributed by atoms with Crippen LogP contribution in [0.4, 0.5) is 17.1 Å². The van der Waals surface area contributed by atoms with E-state index in [1.807, 2.05) is 0 Å². The summed E-state index contributed by atoms with van der Waals surface area (Å²) >= 11 is 0. The van der Waals surface area contributed by atoms with Crippen molar-refractivity contribution in [1.82, 2.24) is 0 Å². The van der Waals surface area contributed by atoms with Crippen molar-refractivity contribution in [2.24, 2.45) is 0 Å². The maximum atomic E-state index is 6.54. The molecule has 0 radical (unpaired) electrons. The van der Waals surface area contributed by atoms with Crippen molar-refractivity contribution >= 4 is 60.5 Å². The first-order chi connectivity index (χ1) is 30.0. The minimum absolute atomic E-state index is 0.105. The van der Waals surface area contributed by atoms with E-state index in [-0.39, 0.29) is 5.41 Å². The highest BCUT2D eigenvalue weighted by molar-refractivity contribution is 6.15.